The molecule has 7 heteroatoms. The molecule has 0 saturated carbocycles. The van der Waals surface area contributed by atoms with Crippen LogP contribution in [0.4, 0.5) is 0 Å². The Hall–Kier alpha value is -2.59. The van der Waals surface area contributed by atoms with Crippen molar-refractivity contribution in [2.75, 3.05) is 13.1 Å². The monoisotopic (exact) mass is 359 g/mol. The van der Waals surface area contributed by atoms with Gasteiger partial charge in [0, 0.05) is 23.8 Å². The summed E-state index contributed by atoms with van der Waals surface area (Å²) >= 11 is 1.61. The Morgan fingerprint density at radius 3 is 3.04 bits per heavy atom. The second kappa shape index (κ2) is 6.29. The van der Waals surface area contributed by atoms with Crippen LogP contribution in [-0.2, 0) is 5.54 Å². The predicted molar refractivity (Wildman–Crippen MR) is 107 cm³/mol. The highest BCUT2D eigenvalue weighted by molar-refractivity contribution is 7.10. The minimum absolute atomic E-state index is 0.341. The first kappa shape index (κ1) is 16.9. The van der Waals surface area contributed by atoms with Crippen LogP contribution < -0.4 is 5.73 Å². The van der Waals surface area contributed by atoms with E-state index in [9.17, 15) is 0 Å². The summed E-state index contributed by atoms with van der Waals surface area (Å²) in [6.45, 7) is 3.61. The van der Waals surface area contributed by atoms with Crippen molar-refractivity contribution < 1.29 is 0 Å². The van der Waals surface area contributed by atoms with Gasteiger partial charge in [-0.3, -0.25) is 4.99 Å². The molecule has 4 rings (SSSR count). The van der Waals surface area contributed by atoms with Gasteiger partial charge in [0.25, 0.3) is 0 Å². The third kappa shape index (κ3) is 2.62. The zero-order chi connectivity index (χ0) is 18.3. The smallest absolute Gasteiger partial charge is 0.197 e. The van der Waals surface area contributed by atoms with E-state index in [1.54, 1.807) is 17.4 Å². The SMILES string of the molecule is [B]C1C2=NCCCN2C(N)=N[C@]1(C)c1cc(-c2cccc(C#N)c2)cs1. The molecule has 2 aliphatic rings. The Labute approximate surface area is 158 Å². The van der Waals surface area contributed by atoms with Gasteiger partial charge in [-0.25, -0.2) is 4.99 Å². The molecule has 0 amide bonds. The first-order valence-corrected chi connectivity index (χ1v) is 9.43. The molecule has 0 spiro atoms. The summed E-state index contributed by atoms with van der Waals surface area (Å²) in [4.78, 5) is 12.4. The molecule has 3 heterocycles. The topological polar surface area (TPSA) is 77.8 Å². The second-order valence-corrected chi connectivity index (χ2v) is 7.64. The Morgan fingerprint density at radius 2 is 2.23 bits per heavy atom. The third-order valence-electron chi connectivity index (χ3n) is 5.02. The highest BCUT2D eigenvalue weighted by atomic mass is 32.1. The molecular formula is C19H18BN5S. The van der Waals surface area contributed by atoms with Gasteiger partial charge in [0.2, 0.25) is 0 Å². The fourth-order valence-electron chi connectivity index (χ4n) is 3.47. The molecule has 2 atom stereocenters. The van der Waals surface area contributed by atoms with Gasteiger partial charge in [0.05, 0.1) is 25.0 Å². The van der Waals surface area contributed by atoms with E-state index < -0.39 is 5.54 Å². The van der Waals surface area contributed by atoms with Crippen LogP contribution in [-0.4, -0.2) is 37.6 Å². The van der Waals surface area contributed by atoms with E-state index in [-0.39, 0.29) is 5.82 Å². The molecule has 1 aromatic carbocycles. The Bertz CT molecular complexity index is 957. The number of thiophene rings is 1. The van der Waals surface area contributed by atoms with Gasteiger partial charge < -0.3 is 10.6 Å². The van der Waals surface area contributed by atoms with Gasteiger partial charge in [0.1, 0.15) is 5.84 Å². The molecule has 0 saturated heterocycles. The number of fused-ring (bicyclic) bond motifs is 1. The summed E-state index contributed by atoms with van der Waals surface area (Å²) < 4.78 is 0. The van der Waals surface area contributed by atoms with Crippen molar-refractivity contribution >= 4 is 31.0 Å². The minimum atomic E-state index is -0.646. The van der Waals surface area contributed by atoms with Gasteiger partial charge in [-0.05, 0) is 48.1 Å². The first-order valence-electron chi connectivity index (χ1n) is 8.55. The first-order chi connectivity index (χ1) is 12.5. The van der Waals surface area contributed by atoms with E-state index in [1.807, 2.05) is 30.0 Å². The lowest BCUT2D eigenvalue weighted by molar-refractivity contribution is 0.429. The van der Waals surface area contributed by atoms with Crippen LogP contribution in [0.25, 0.3) is 11.1 Å². The summed E-state index contributed by atoms with van der Waals surface area (Å²) in [5.74, 6) is 0.966. The minimum Gasteiger partial charge on any atom is -0.369 e. The van der Waals surface area contributed by atoms with Crippen molar-refractivity contribution in [3.05, 3.63) is 46.2 Å². The Morgan fingerprint density at radius 1 is 1.38 bits per heavy atom. The largest absolute Gasteiger partial charge is 0.369 e. The van der Waals surface area contributed by atoms with Crippen LogP contribution >= 0.6 is 11.3 Å². The third-order valence-corrected chi connectivity index (χ3v) is 6.18. The molecule has 2 radical (unpaired) electrons. The number of rotatable bonds is 2. The van der Waals surface area contributed by atoms with Crippen LogP contribution in [0.2, 0.25) is 5.82 Å². The predicted octanol–water partition coefficient (Wildman–Crippen LogP) is 2.89. The van der Waals surface area contributed by atoms with E-state index in [2.05, 4.69) is 22.5 Å². The average molecular weight is 359 g/mol. The molecule has 2 aliphatic heterocycles. The average Bonchev–Trinajstić information content (AvgIpc) is 3.17. The lowest BCUT2D eigenvalue weighted by atomic mass is 9.69. The second-order valence-electron chi connectivity index (χ2n) is 6.73. The number of nitrogens with two attached hydrogens (primary N) is 1. The molecule has 1 aromatic heterocycles. The number of amidine groups is 1. The summed E-state index contributed by atoms with van der Waals surface area (Å²) in [5.41, 5.74) is 8.29. The fourth-order valence-corrected chi connectivity index (χ4v) is 4.53. The van der Waals surface area contributed by atoms with Gasteiger partial charge in [-0.15, -0.1) is 11.3 Å². The maximum atomic E-state index is 9.12. The fraction of sp³-hybridized carbons (Fsp3) is 0.316. The molecule has 1 unspecified atom stereocenters. The molecule has 0 bridgehead atoms. The molecule has 5 nitrogen and oxygen atoms in total. The van der Waals surface area contributed by atoms with Crippen LogP contribution in [0.5, 0.6) is 0 Å². The van der Waals surface area contributed by atoms with E-state index in [1.165, 1.54) is 0 Å². The lowest BCUT2D eigenvalue weighted by Gasteiger charge is -2.43. The molecule has 2 aromatic rings. The van der Waals surface area contributed by atoms with Crippen molar-refractivity contribution in [3.63, 3.8) is 0 Å². The van der Waals surface area contributed by atoms with Crippen LogP contribution in [0.3, 0.4) is 0 Å². The zero-order valence-corrected chi connectivity index (χ0v) is 15.3. The summed E-state index contributed by atoms with van der Waals surface area (Å²) in [6, 6.07) is 11.9. The number of hydrogen-bond acceptors (Lipinski definition) is 6. The standard InChI is InChI=1S/C19H18BN5S/c1-19(16(20)17-23-6-3-7-25(17)18(22)24-19)15-9-14(11-26-15)13-5-2-4-12(8-13)10-21/h2,4-5,8-9,11,16H,3,6-7H2,1H3,(H2,22,24)/t16?,19-/m1/s1. The van der Waals surface area contributed by atoms with E-state index in [0.29, 0.717) is 11.5 Å². The number of hydrogen-bond donors (Lipinski definition) is 1. The van der Waals surface area contributed by atoms with E-state index in [4.69, 9.17) is 23.8 Å². The van der Waals surface area contributed by atoms with Crippen LogP contribution in [0, 0.1) is 11.3 Å². The van der Waals surface area contributed by atoms with Crippen molar-refractivity contribution in [1.82, 2.24) is 4.90 Å². The van der Waals surface area contributed by atoms with Gasteiger partial charge in [0.15, 0.2) is 5.96 Å². The van der Waals surface area contributed by atoms with Crippen LogP contribution in [0.15, 0.2) is 45.7 Å². The molecule has 0 fully saturated rings. The van der Waals surface area contributed by atoms with Crippen molar-refractivity contribution in [1.29, 1.82) is 5.26 Å². The zero-order valence-electron chi connectivity index (χ0n) is 14.5. The highest BCUT2D eigenvalue weighted by Gasteiger charge is 2.43. The maximum Gasteiger partial charge on any atom is 0.197 e. The Balaban J connectivity index is 1.75. The molecule has 26 heavy (non-hydrogen) atoms. The quantitative estimate of drug-likeness (QED) is 0.838. The normalized spacial score (nSPS) is 25.1. The van der Waals surface area contributed by atoms with E-state index >= 15 is 0 Å². The van der Waals surface area contributed by atoms with Crippen molar-refractivity contribution in [2.45, 2.75) is 24.7 Å². The number of nitrogens with zero attached hydrogens (tertiary/aromatic N) is 4. The van der Waals surface area contributed by atoms with Crippen molar-refractivity contribution in [2.24, 2.45) is 15.7 Å². The summed E-state index contributed by atoms with van der Waals surface area (Å²) in [6.07, 6.45) is 0.960. The lowest BCUT2D eigenvalue weighted by Crippen LogP contribution is -2.54. The van der Waals surface area contributed by atoms with Crippen molar-refractivity contribution in [3.8, 4) is 17.2 Å². The number of aliphatic imine (C=N–C) groups is 2. The maximum absolute atomic E-state index is 9.12. The number of guanidine groups is 1. The summed E-state index contributed by atoms with van der Waals surface area (Å²) in [5, 5.41) is 11.2. The molecule has 128 valence electrons. The molecule has 2 N–H and O–H groups in total. The van der Waals surface area contributed by atoms with Gasteiger partial charge >= 0.3 is 0 Å². The van der Waals surface area contributed by atoms with Crippen LogP contribution in [0.1, 0.15) is 23.8 Å². The number of benzene rings is 1. The number of nitriles is 1. The molecule has 0 aliphatic carbocycles. The van der Waals surface area contributed by atoms with Gasteiger partial charge in [-0.1, -0.05) is 12.1 Å². The Kier molecular flexibility index (Phi) is 4.08. The van der Waals surface area contributed by atoms with E-state index in [0.717, 1.165) is 41.4 Å². The molecular weight excluding hydrogens is 341 g/mol. The highest BCUT2D eigenvalue weighted by Crippen LogP contribution is 2.45. The summed E-state index contributed by atoms with van der Waals surface area (Å²) in [7, 11) is 6.58. The van der Waals surface area contributed by atoms with Gasteiger partial charge in [-0.2, -0.15) is 5.26 Å².